The molecule has 0 saturated heterocycles. The van der Waals surface area contributed by atoms with Crippen molar-refractivity contribution < 1.29 is 4.52 Å². The van der Waals surface area contributed by atoms with Crippen LogP contribution in [0.1, 0.15) is 17.0 Å². The van der Waals surface area contributed by atoms with Gasteiger partial charge >= 0.3 is 5.69 Å². The third-order valence-corrected chi connectivity index (χ3v) is 5.03. The van der Waals surface area contributed by atoms with Crippen LogP contribution < -0.4 is 5.69 Å². The van der Waals surface area contributed by atoms with Crippen LogP contribution in [0, 0.1) is 13.8 Å². The van der Waals surface area contributed by atoms with E-state index >= 15 is 0 Å². The Morgan fingerprint density at radius 1 is 0.900 bits per heavy atom. The van der Waals surface area contributed by atoms with E-state index in [-0.39, 0.29) is 12.2 Å². The molecule has 0 fully saturated rings. The van der Waals surface area contributed by atoms with E-state index in [4.69, 9.17) is 4.52 Å². The first-order valence-electron chi connectivity index (χ1n) is 9.51. The Labute approximate surface area is 171 Å². The maximum atomic E-state index is 12.8. The quantitative estimate of drug-likeness (QED) is 0.461. The third kappa shape index (κ3) is 3.18. The number of fused-ring (bicyclic) bond motifs is 1. The Balaban J connectivity index is 1.47. The van der Waals surface area contributed by atoms with Crippen molar-refractivity contribution >= 4 is 5.65 Å². The standard InChI is InChI=1S/C22H18N6O2/c1-14-8-9-17(12-15(14)2)18-10-11-19-25-27(22(29)28(19)24-18)13-20-23-21(26-30-20)16-6-4-3-5-7-16/h3-12H,13H2,1-2H3. The molecule has 0 saturated carbocycles. The molecule has 0 spiro atoms. The number of hydrogen-bond donors (Lipinski definition) is 0. The zero-order chi connectivity index (χ0) is 20.7. The molecule has 0 N–H and O–H groups in total. The fraction of sp³-hybridized carbons (Fsp3) is 0.136. The van der Waals surface area contributed by atoms with E-state index in [1.807, 2.05) is 48.5 Å². The van der Waals surface area contributed by atoms with E-state index in [0.717, 1.165) is 11.1 Å². The third-order valence-electron chi connectivity index (χ3n) is 5.03. The minimum absolute atomic E-state index is 0.0704. The number of nitrogens with zero attached hydrogens (tertiary/aromatic N) is 6. The van der Waals surface area contributed by atoms with Crippen LogP contribution in [0.5, 0.6) is 0 Å². The highest BCUT2D eigenvalue weighted by Crippen LogP contribution is 2.20. The average Bonchev–Trinajstić information content (AvgIpc) is 3.36. The predicted molar refractivity (Wildman–Crippen MR) is 111 cm³/mol. The molecule has 3 aromatic heterocycles. The number of aromatic nitrogens is 6. The van der Waals surface area contributed by atoms with E-state index in [0.29, 0.717) is 23.1 Å². The van der Waals surface area contributed by atoms with Gasteiger partial charge in [-0.05, 0) is 43.2 Å². The molecular weight excluding hydrogens is 380 g/mol. The van der Waals surface area contributed by atoms with Gasteiger partial charge in [-0.25, -0.2) is 9.48 Å². The van der Waals surface area contributed by atoms with E-state index in [9.17, 15) is 4.79 Å². The molecule has 30 heavy (non-hydrogen) atoms. The summed E-state index contributed by atoms with van der Waals surface area (Å²) in [6.45, 7) is 4.18. The molecule has 0 atom stereocenters. The minimum atomic E-state index is -0.366. The molecule has 148 valence electrons. The molecule has 8 heteroatoms. The van der Waals surface area contributed by atoms with E-state index < -0.39 is 0 Å². The van der Waals surface area contributed by atoms with Gasteiger partial charge in [-0.2, -0.15) is 14.6 Å². The lowest BCUT2D eigenvalue weighted by Crippen LogP contribution is -2.23. The summed E-state index contributed by atoms with van der Waals surface area (Å²) in [5.74, 6) is 0.770. The minimum Gasteiger partial charge on any atom is -0.337 e. The van der Waals surface area contributed by atoms with Gasteiger partial charge in [0, 0.05) is 11.1 Å². The SMILES string of the molecule is Cc1ccc(-c2ccc3nn(Cc4nc(-c5ccccc5)no4)c(=O)n3n2)cc1C. The van der Waals surface area contributed by atoms with Crippen molar-refractivity contribution in [3.8, 4) is 22.6 Å². The van der Waals surface area contributed by atoms with Gasteiger partial charge in [-0.3, -0.25) is 0 Å². The van der Waals surface area contributed by atoms with E-state index in [2.05, 4.69) is 40.3 Å². The van der Waals surface area contributed by atoms with Crippen LogP contribution in [-0.4, -0.2) is 29.5 Å². The van der Waals surface area contributed by atoms with E-state index in [1.54, 1.807) is 6.07 Å². The van der Waals surface area contributed by atoms with Gasteiger partial charge in [0.15, 0.2) is 5.65 Å². The summed E-state index contributed by atoms with van der Waals surface area (Å²) in [6.07, 6.45) is 0. The molecule has 0 bridgehead atoms. The zero-order valence-electron chi connectivity index (χ0n) is 16.5. The van der Waals surface area contributed by atoms with Crippen LogP contribution in [-0.2, 0) is 6.54 Å². The smallest absolute Gasteiger partial charge is 0.337 e. The number of benzene rings is 2. The Morgan fingerprint density at radius 2 is 1.73 bits per heavy atom. The monoisotopic (exact) mass is 398 g/mol. The van der Waals surface area contributed by atoms with Gasteiger partial charge in [-0.1, -0.05) is 47.6 Å². The zero-order valence-corrected chi connectivity index (χ0v) is 16.5. The molecule has 0 unspecified atom stereocenters. The molecule has 3 heterocycles. The van der Waals surface area contributed by atoms with Crippen molar-refractivity contribution in [3.63, 3.8) is 0 Å². The first-order chi connectivity index (χ1) is 14.6. The van der Waals surface area contributed by atoms with Gasteiger partial charge in [-0.15, -0.1) is 5.10 Å². The Bertz CT molecular complexity index is 1410. The Hall–Kier alpha value is -4.07. The first kappa shape index (κ1) is 18.0. The first-order valence-corrected chi connectivity index (χ1v) is 9.51. The Kier molecular flexibility index (Phi) is 4.24. The van der Waals surface area contributed by atoms with Crippen molar-refractivity contribution in [2.24, 2.45) is 0 Å². The van der Waals surface area contributed by atoms with Crippen LogP contribution >= 0.6 is 0 Å². The van der Waals surface area contributed by atoms with Crippen LogP contribution in [0.15, 0.2) is 70.0 Å². The highest BCUT2D eigenvalue weighted by atomic mass is 16.5. The summed E-state index contributed by atoms with van der Waals surface area (Å²) in [5.41, 5.74) is 4.96. The molecule has 5 rings (SSSR count). The summed E-state index contributed by atoms with van der Waals surface area (Å²) < 4.78 is 7.86. The van der Waals surface area contributed by atoms with Crippen molar-refractivity contribution in [2.75, 3.05) is 0 Å². The molecular formula is C22H18N6O2. The largest absolute Gasteiger partial charge is 0.367 e. The highest BCUT2D eigenvalue weighted by molar-refractivity contribution is 5.61. The summed E-state index contributed by atoms with van der Waals surface area (Å²) in [4.78, 5) is 17.2. The number of rotatable bonds is 4. The van der Waals surface area contributed by atoms with Crippen LogP contribution in [0.4, 0.5) is 0 Å². The second-order valence-electron chi connectivity index (χ2n) is 7.11. The highest BCUT2D eigenvalue weighted by Gasteiger charge is 2.14. The van der Waals surface area contributed by atoms with Crippen molar-refractivity contribution in [1.82, 2.24) is 29.5 Å². The lowest BCUT2D eigenvalue weighted by atomic mass is 10.0. The number of aryl methyl sites for hydroxylation is 2. The van der Waals surface area contributed by atoms with E-state index in [1.165, 1.54) is 20.3 Å². The summed E-state index contributed by atoms with van der Waals surface area (Å²) in [7, 11) is 0. The molecule has 0 aliphatic carbocycles. The van der Waals surface area contributed by atoms with Crippen LogP contribution in [0.3, 0.4) is 0 Å². The van der Waals surface area contributed by atoms with Gasteiger partial charge in [0.1, 0.15) is 6.54 Å². The van der Waals surface area contributed by atoms with Gasteiger partial charge in [0.25, 0.3) is 0 Å². The summed E-state index contributed by atoms with van der Waals surface area (Å²) in [6, 6.07) is 19.2. The normalized spacial score (nSPS) is 11.3. The maximum absolute atomic E-state index is 12.8. The molecule has 0 aliphatic rings. The lowest BCUT2D eigenvalue weighted by molar-refractivity contribution is 0.364. The average molecular weight is 398 g/mol. The predicted octanol–water partition coefficient (Wildman–Crippen LogP) is 3.27. The summed E-state index contributed by atoms with van der Waals surface area (Å²) in [5, 5.41) is 12.8. The maximum Gasteiger partial charge on any atom is 0.367 e. The van der Waals surface area contributed by atoms with Crippen molar-refractivity contribution in [3.05, 3.63) is 88.2 Å². The van der Waals surface area contributed by atoms with Crippen molar-refractivity contribution in [1.29, 1.82) is 0 Å². The second kappa shape index (κ2) is 7.07. The van der Waals surface area contributed by atoms with Crippen molar-refractivity contribution in [2.45, 2.75) is 20.4 Å². The fourth-order valence-electron chi connectivity index (χ4n) is 3.22. The molecule has 5 aromatic rings. The molecule has 0 amide bonds. The van der Waals surface area contributed by atoms with Gasteiger partial charge in [0.05, 0.1) is 5.69 Å². The van der Waals surface area contributed by atoms with Gasteiger partial charge < -0.3 is 4.52 Å². The second-order valence-corrected chi connectivity index (χ2v) is 7.11. The molecule has 8 nitrogen and oxygen atoms in total. The van der Waals surface area contributed by atoms with Crippen LogP contribution in [0.2, 0.25) is 0 Å². The topological polar surface area (TPSA) is 91.1 Å². The summed E-state index contributed by atoms with van der Waals surface area (Å²) >= 11 is 0. The molecule has 2 aromatic carbocycles. The lowest BCUT2D eigenvalue weighted by Gasteiger charge is -2.04. The van der Waals surface area contributed by atoms with Gasteiger partial charge in [0.2, 0.25) is 11.7 Å². The Morgan fingerprint density at radius 3 is 2.53 bits per heavy atom. The molecule has 0 aliphatic heterocycles. The van der Waals surface area contributed by atoms with Crippen LogP contribution in [0.25, 0.3) is 28.3 Å². The fourth-order valence-corrected chi connectivity index (χ4v) is 3.22. The molecule has 0 radical (unpaired) electrons. The number of hydrogen-bond acceptors (Lipinski definition) is 6.